The largest absolute Gasteiger partial charge is 0.379 e. The maximum Gasteiger partial charge on any atom is 0.254 e. The Morgan fingerprint density at radius 3 is 2.94 bits per heavy atom. The Kier molecular flexibility index (Phi) is 3.74. The van der Waals surface area contributed by atoms with E-state index in [4.69, 9.17) is 4.74 Å². The molecular weight excluding hydrogens is 234 g/mol. The average Bonchev–Trinajstić information content (AvgIpc) is 2.84. The summed E-state index contributed by atoms with van der Waals surface area (Å²) in [5, 5.41) is 0. The highest BCUT2D eigenvalue weighted by Crippen LogP contribution is 2.19. The number of carbonyl (C=O) groups is 1. The Labute approximate surface area is 107 Å². The lowest BCUT2D eigenvalue weighted by Crippen LogP contribution is -2.37. The van der Waals surface area contributed by atoms with E-state index in [1.165, 1.54) is 0 Å². The van der Waals surface area contributed by atoms with Crippen molar-refractivity contribution in [2.45, 2.75) is 24.3 Å². The molecule has 1 atom stereocenters. The van der Waals surface area contributed by atoms with Gasteiger partial charge in [0.15, 0.2) is 0 Å². The lowest BCUT2D eigenvalue weighted by Gasteiger charge is -2.24. The van der Waals surface area contributed by atoms with E-state index in [1.54, 1.807) is 4.90 Å². The number of hydrogen-bond acceptors (Lipinski definition) is 3. The van der Waals surface area contributed by atoms with Crippen molar-refractivity contribution in [2.75, 3.05) is 20.3 Å². The summed E-state index contributed by atoms with van der Waals surface area (Å²) in [7, 11) is 1.84. The SMILES string of the molecule is Cc1ccc(S)cc1C(=O)N(C)C1CCOC1. The fourth-order valence-electron chi connectivity index (χ4n) is 2.02. The van der Waals surface area contributed by atoms with Crippen molar-refractivity contribution in [1.29, 1.82) is 0 Å². The van der Waals surface area contributed by atoms with E-state index in [0.717, 1.165) is 29.1 Å². The van der Waals surface area contributed by atoms with E-state index in [-0.39, 0.29) is 11.9 Å². The number of thiol groups is 1. The molecule has 1 amide bonds. The molecule has 4 heteroatoms. The third kappa shape index (κ3) is 2.64. The number of aryl methyl sites for hydroxylation is 1. The number of benzene rings is 1. The number of likely N-dealkylation sites (N-methyl/N-ethyl adjacent to an activating group) is 1. The van der Waals surface area contributed by atoms with Gasteiger partial charge in [0.25, 0.3) is 5.91 Å². The van der Waals surface area contributed by atoms with Gasteiger partial charge in [0.05, 0.1) is 12.6 Å². The molecule has 3 nitrogen and oxygen atoms in total. The Morgan fingerprint density at radius 1 is 1.53 bits per heavy atom. The summed E-state index contributed by atoms with van der Waals surface area (Å²) in [6.45, 7) is 3.33. The predicted molar refractivity (Wildman–Crippen MR) is 69.7 cm³/mol. The normalized spacial score (nSPS) is 19.4. The number of amides is 1. The van der Waals surface area contributed by atoms with E-state index < -0.39 is 0 Å². The molecule has 0 aliphatic carbocycles. The van der Waals surface area contributed by atoms with Crippen LogP contribution < -0.4 is 0 Å². The van der Waals surface area contributed by atoms with Crippen LogP contribution in [-0.4, -0.2) is 37.1 Å². The fraction of sp³-hybridized carbons (Fsp3) is 0.462. The molecule has 1 saturated heterocycles. The number of carbonyl (C=O) groups excluding carboxylic acids is 1. The van der Waals surface area contributed by atoms with Crippen LogP contribution in [0.3, 0.4) is 0 Å². The molecule has 0 spiro atoms. The van der Waals surface area contributed by atoms with Gasteiger partial charge < -0.3 is 9.64 Å². The standard InChI is InChI=1S/C13H17NO2S/c1-9-3-4-11(17)7-12(9)13(15)14(2)10-5-6-16-8-10/h3-4,7,10,17H,5-6,8H2,1-2H3. The molecule has 1 fully saturated rings. The van der Waals surface area contributed by atoms with Gasteiger partial charge in [0, 0.05) is 24.1 Å². The van der Waals surface area contributed by atoms with Crippen molar-refractivity contribution >= 4 is 18.5 Å². The van der Waals surface area contributed by atoms with Crippen LogP contribution in [0, 0.1) is 6.92 Å². The molecule has 0 bridgehead atoms. The van der Waals surface area contributed by atoms with Crippen molar-refractivity contribution < 1.29 is 9.53 Å². The van der Waals surface area contributed by atoms with Crippen LogP contribution in [0.25, 0.3) is 0 Å². The maximum atomic E-state index is 12.3. The first-order valence-corrected chi connectivity index (χ1v) is 6.19. The Morgan fingerprint density at radius 2 is 2.29 bits per heavy atom. The van der Waals surface area contributed by atoms with E-state index in [2.05, 4.69) is 12.6 Å². The molecule has 0 radical (unpaired) electrons. The van der Waals surface area contributed by atoms with Gasteiger partial charge in [-0.15, -0.1) is 12.6 Å². The zero-order valence-electron chi connectivity index (χ0n) is 10.1. The molecule has 1 aliphatic heterocycles. The molecule has 1 aromatic rings. The molecular formula is C13H17NO2S. The molecule has 1 unspecified atom stereocenters. The van der Waals surface area contributed by atoms with Crippen molar-refractivity contribution in [2.24, 2.45) is 0 Å². The van der Waals surface area contributed by atoms with Crippen LogP contribution in [0.15, 0.2) is 23.1 Å². The molecule has 92 valence electrons. The number of nitrogens with zero attached hydrogens (tertiary/aromatic N) is 1. The first-order valence-electron chi connectivity index (χ1n) is 5.74. The lowest BCUT2D eigenvalue weighted by molar-refractivity contribution is 0.0710. The van der Waals surface area contributed by atoms with Gasteiger partial charge in [-0.3, -0.25) is 4.79 Å². The number of ether oxygens (including phenoxy) is 1. The maximum absolute atomic E-state index is 12.3. The van der Waals surface area contributed by atoms with Crippen LogP contribution in [-0.2, 0) is 4.74 Å². The van der Waals surface area contributed by atoms with Gasteiger partial charge in [0.1, 0.15) is 0 Å². The minimum Gasteiger partial charge on any atom is -0.379 e. The van der Waals surface area contributed by atoms with E-state index in [0.29, 0.717) is 6.61 Å². The second kappa shape index (κ2) is 5.10. The summed E-state index contributed by atoms with van der Waals surface area (Å²) >= 11 is 4.28. The quantitative estimate of drug-likeness (QED) is 0.816. The Balaban J connectivity index is 2.20. The van der Waals surface area contributed by atoms with Gasteiger partial charge in [-0.25, -0.2) is 0 Å². The van der Waals surface area contributed by atoms with Gasteiger partial charge in [-0.2, -0.15) is 0 Å². The topological polar surface area (TPSA) is 29.5 Å². The number of hydrogen-bond donors (Lipinski definition) is 1. The molecule has 1 aliphatic rings. The van der Waals surface area contributed by atoms with Crippen molar-refractivity contribution in [1.82, 2.24) is 4.90 Å². The minimum absolute atomic E-state index is 0.0499. The lowest BCUT2D eigenvalue weighted by atomic mass is 10.1. The molecule has 0 saturated carbocycles. The van der Waals surface area contributed by atoms with Crippen LogP contribution in [0.4, 0.5) is 0 Å². The summed E-state index contributed by atoms with van der Waals surface area (Å²) < 4.78 is 5.31. The first kappa shape index (κ1) is 12.5. The fourth-order valence-corrected chi connectivity index (χ4v) is 2.23. The van der Waals surface area contributed by atoms with Crippen molar-refractivity contribution in [3.8, 4) is 0 Å². The second-order valence-corrected chi connectivity index (χ2v) is 4.95. The van der Waals surface area contributed by atoms with Crippen molar-refractivity contribution in [3.05, 3.63) is 29.3 Å². The third-order valence-electron chi connectivity index (χ3n) is 3.23. The first-order chi connectivity index (χ1) is 8.09. The van der Waals surface area contributed by atoms with Gasteiger partial charge >= 0.3 is 0 Å². The second-order valence-electron chi connectivity index (χ2n) is 4.43. The van der Waals surface area contributed by atoms with Gasteiger partial charge in [-0.05, 0) is 31.0 Å². The van der Waals surface area contributed by atoms with Crippen LogP contribution in [0.1, 0.15) is 22.3 Å². The Bertz CT molecular complexity index is 427. The molecule has 1 heterocycles. The summed E-state index contributed by atoms with van der Waals surface area (Å²) in [5.41, 5.74) is 1.71. The highest BCUT2D eigenvalue weighted by Gasteiger charge is 2.25. The minimum atomic E-state index is 0.0499. The average molecular weight is 251 g/mol. The summed E-state index contributed by atoms with van der Waals surface area (Å²) in [4.78, 5) is 14.9. The smallest absolute Gasteiger partial charge is 0.254 e. The van der Waals surface area contributed by atoms with E-state index in [9.17, 15) is 4.79 Å². The zero-order valence-corrected chi connectivity index (χ0v) is 11.0. The zero-order chi connectivity index (χ0) is 12.4. The summed E-state index contributed by atoms with van der Waals surface area (Å²) in [5.74, 6) is 0.0499. The van der Waals surface area contributed by atoms with E-state index in [1.807, 2.05) is 32.2 Å². The summed E-state index contributed by atoms with van der Waals surface area (Å²) in [6, 6.07) is 5.85. The predicted octanol–water partition coefficient (Wildman–Crippen LogP) is 2.14. The van der Waals surface area contributed by atoms with E-state index >= 15 is 0 Å². The molecule has 0 aromatic heterocycles. The highest BCUT2D eigenvalue weighted by molar-refractivity contribution is 7.80. The van der Waals surface area contributed by atoms with Crippen LogP contribution in [0.2, 0.25) is 0 Å². The summed E-state index contributed by atoms with van der Waals surface area (Å²) in [6.07, 6.45) is 0.919. The van der Waals surface area contributed by atoms with Crippen LogP contribution >= 0.6 is 12.6 Å². The Hall–Kier alpha value is -1.00. The molecule has 17 heavy (non-hydrogen) atoms. The van der Waals surface area contributed by atoms with Crippen molar-refractivity contribution in [3.63, 3.8) is 0 Å². The number of rotatable bonds is 2. The van der Waals surface area contributed by atoms with Gasteiger partial charge in [-0.1, -0.05) is 6.07 Å². The van der Waals surface area contributed by atoms with Crippen LogP contribution in [0.5, 0.6) is 0 Å². The monoisotopic (exact) mass is 251 g/mol. The molecule has 1 aromatic carbocycles. The highest BCUT2D eigenvalue weighted by atomic mass is 32.1. The molecule has 2 rings (SSSR count). The molecule has 0 N–H and O–H groups in total. The van der Waals surface area contributed by atoms with Gasteiger partial charge in [0.2, 0.25) is 0 Å². The third-order valence-corrected chi connectivity index (χ3v) is 3.50.